The summed E-state index contributed by atoms with van der Waals surface area (Å²) < 4.78 is 13.1. The van der Waals surface area contributed by atoms with Crippen LogP contribution in [0, 0.1) is 11.7 Å². The Morgan fingerprint density at radius 3 is 2.95 bits per heavy atom. The second kappa shape index (κ2) is 6.42. The molecule has 0 spiro atoms. The largest absolute Gasteiger partial charge is 0.314 e. The van der Waals surface area contributed by atoms with E-state index in [1.54, 1.807) is 0 Å². The van der Waals surface area contributed by atoms with E-state index in [2.05, 4.69) is 10.2 Å². The van der Waals surface area contributed by atoms with Crippen LogP contribution in [-0.2, 0) is 6.54 Å². The Morgan fingerprint density at radius 2 is 2.20 bits per heavy atom. The molecule has 2 nitrogen and oxygen atoms in total. The molecule has 0 saturated carbocycles. The van der Waals surface area contributed by atoms with Crippen LogP contribution in [0.3, 0.4) is 0 Å². The Kier molecular flexibility index (Phi) is 4.59. The number of piperidine rings is 1. The molecule has 3 rings (SSSR count). The molecule has 0 aromatic heterocycles. The first-order valence-electron chi connectivity index (χ1n) is 7.62. The van der Waals surface area contributed by atoms with E-state index in [0.29, 0.717) is 11.1 Å². The second-order valence-electron chi connectivity index (χ2n) is 6.08. The van der Waals surface area contributed by atoms with E-state index in [9.17, 15) is 4.39 Å². The van der Waals surface area contributed by atoms with Gasteiger partial charge in [0.05, 0.1) is 0 Å². The van der Waals surface area contributed by atoms with Crippen molar-refractivity contribution in [1.29, 1.82) is 0 Å². The van der Waals surface area contributed by atoms with Crippen LogP contribution >= 0.6 is 11.6 Å². The standard InChI is InChI=1S/C16H22ClFN2/c17-15-9-14(18)6-5-12(15)10-20-8-2-3-13(11-20)16-4-1-7-19-16/h5-6,9,13,16,19H,1-4,7-8,10-11H2. The van der Waals surface area contributed by atoms with Gasteiger partial charge < -0.3 is 5.32 Å². The molecule has 1 N–H and O–H groups in total. The molecule has 0 aliphatic carbocycles. The molecule has 2 fully saturated rings. The quantitative estimate of drug-likeness (QED) is 0.919. The summed E-state index contributed by atoms with van der Waals surface area (Å²) in [5.41, 5.74) is 1.04. The smallest absolute Gasteiger partial charge is 0.124 e. The van der Waals surface area contributed by atoms with Gasteiger partial charge in [-0.25, -0.2) is 4.39 Å². The normalized spacial score (nSPS) is 27.9. The molecule has 0 bridgehead atoms. The van der Waals surface area contributed by atoms with Crippen LogP contribution in [0.25, 0.3) is 0 Å². The van der Waals surface area contributed by atoms with Crippen LogP contribution in [-0.4, -0.2) is 30.6 Å². The van der Waals surface area contributed by atoms with Crippen LogP contribution in [0.15, 0.2) is 18.2 Å². The van der Waals surface area contributed by atoms with Crippen molar-refractivity contribution in [2.24, 2.45) is 5.92 Å². The van der Waals surface area contributed by atoms with E-state index in [0.717, 1.165) is 31.1 Å². The highest BCUT2D eigenvalue weighted by Gasteiger charge is 2.29. The SMILES string of the molecule is Fc1ccc(CN2CCCC(C3CCCN3)C2)c(Cl)c1. The highest BCUT2D eigenvalue weighted by Crippen LogP contribution is 2.27. The number of nitrogens with one attached hydrogen (secondary N) is 1. The van der Waals surface area contributed by atoms with E-state index < -0.39 is 0 Å². The molecule has 2 unspecified atom stereocenters. The van der Waals surface area contributed by atoms with Crippen LogP contribution in [0.2, 0.25) is 5.02 Å². The lowest BCUT2D eigenvalue weighted by atomic mass is 9.89. The predicted molar refractivity (Wildman–Crippen MR) is 80.4 cm³/mol. The van der Waals surface area contributed by atoms with Crippen LogP contribution in [0.5, 0.6) is 0 Å². The highest BCUT2D eigenvalue weighted by atomic mass is 35.5. The van der Waals surface area contributed by atoms with E-state index >= 15 is 0 Å². The zero-order chi connectivity index (χ0) is 13.9. The minimum absolute atomic E-state index is 0.259. The first-order chi connectivity index (χ1) is 9.72. The maximum atomic E-state index is 13.1. The van der Waals surface area contributed by atoms with Gasteiger partial charge in [-0.2, -0.15) is 0 Å². The average molecular weight is 297 g/mol. The Labute approximate surface area is 125 Å². The lowest BCUT2D eigenvalue weighted by Gasteiger charge is -2.36. The summed E-state index contributed by atoms with van der Waals surface area (Å²) in [6.07, 6.45) is 5.20. The van der Waals surface area contributed by atoms with E-state index in [4.69, 9.17) is 11.6 Å². The third-order valence-corrected chi connectivity index (χ3v) is 4.97. The Balaban J connectivity index is 1.62. The van der Waals surface area contributed by atoms with E-state index in [1.807, 2.05) is 6.07 Å². The molecule has 2 saturated heterocycles. The third kappa shape index (κ3) is 3.33. The molecule has 1 aromatic carbocycles. The molecule has 2 aliphatic rings. The fraction of sp³-hybridized carbons (Fsp3) is 0.625. The minimum Gasteiger partial charge on any atom is -0.314 e. The van der Waals surface area contributed by atoms with Crippen molar-refractivity contribution in [2.45, 2.75) is 38.3 Å². The van der Waals surface area contributed by atoms with Crippen LogP contribution in [0.1, 0.15) is 31.2 Å². The van der Waals surface area contributed by atoms with E-state index in [1.165, 1.54) is 44.4 Å². The van der Waals surface area contributed by atoms with Gasteiger partial charge >= 0.3 is 0 Å². The summed E-state index contributed by atoms with van der Waals surface area (Å²) >= 11 is 6.13. The number of nitrogens with zero attached hydrogens (tertiary/aromatic N) is 1. The van der Waals surface area contributed by atoms with Crippen molar-refractivity contribution >= 4 is 11.6 Å². The molecule has 110 valence electrons. The molecule has 20 heavy (non-hydrogen) atoms. The zero-order valence-corrected chi connectivity index (χ0v) is 12.5. The number of halogens is 2. The number of hydrogen-bond donors (Lipinski definition) is 1. The van der Waals surface area contributed by atoms with Gasteiger partial charge in [-0.15, -0.1) is 0 Å². The monoisotopic (exact) mass is 296 g/mol. The Hall–Kier alpha value is -0.640. The van der Waals surface area contributed by atoms with Crippen molar-refractivity contribution in [3.8, 4) is 0 Å². The summed E-state index contributed by atoms with van der Waals surface area (Å²) in [6.45, 7) is 4.26. The van der Waals surface area contributed by atoms with Gasteiger partial charge in [0.15, 0.2) is 0 Å². The maximum Gasteiger partial charge on any atom is 0.124 e. The summed E-state index contributed by atoms with van der Waals surface area (Å²) in [5, 5.41) is 4.17. The Morgan fingerprint density at radius 1 is 1.30 bits per heavy atom. The molecular weight excluding hydrogens is 275 g/mol. The number of rotatable bonds is 3. The number of likely N-dealkylation sites (tertiary alicyclic amines) is 1. The molecule has 2 atom stereocenters. The van der Waals surface area contributed by atoms with Crippen molar-refractivity contribution in [3.63, 3.8) is 0 Å². The molecule has 4 heteroatoms. The first kappa shape index (κ1) is 14.3. The van der Waals surface area contributed by atoms with Gasteiger partial charge in [-0.05, 0) is 62.4 Å². The van der Waals surface area contributed by atoms with Gasteiger partial charge in [0.1, 0.15) is 5.82 Å². The predicted octanol–water partition coefficient (Wildman–Crippen LogP) is 3.44. The van der Waals surface area contributed by atoms with Crippen molar-refractivity contribution in [2.75, 3.05) is 19.6 Å². The average Bonchev–Trinajstić information content (AvgIpc) is 2.96. The van der Waals surface area contributed by atoms with Crippen LogP contribution in [0.4, 0.5) is 4.39 Å². The van der Waals surface area contributed by atoms with Crippen molar-refractivity contribution < 1.29 is 4.39 Å². The van der Waals surface area contributed by atoms with Crippen molar-refractivity contribution in [1.82, 2.24) is 10.2 Å². The fourth-order valence-corrected chi connectivity index (χ4v) is 3.80. The summed E-state index contributed by atoms with van der Waals surface area (Å²) in [6, 6.07) is 5.43. The lowest BCUT2D eigenvalue weighted by Crippen LogP contribution is -2.43. The number of hydrogen-bond acceptors (Lipinski definition) is 2. The molecule has 2 heterocycles. The summed E-state index contributed by atoms with van der Waals surface area (Å²) in [5.74, 6) is 0.496. The number of benzene rings is 1. The lowest BCUT2D eigenvalue weighted by molar-refractivity contribution is 0.145. The first-order valence-corrected chi connectivity index (χ1v) is 8.00. The van der Waals surface area contributed by atoms with Gasteiger partial charge in [-0.1, -0.05) is 17.7 Å². The summed E-state index contributed by atoms with van der Waals surface area (Å²) in [7, 11) is 0. The minimum atomic E-state index is -0.259. The Bertz CT molecular complexity index is 460. The maximum absolute atomic E-state index is 13.1. The molecular formula is C16H22ClFN2. The zero-order valence-electron chi connectivity index (χ0n) is 11.7. The second-order valence-corrected chi connectivity index (χ2v) is 6.48. The molecule has 2 aliphatic heterocycles. The highest BCUT2D eigenvalue weighted by molar-refractivity contribution is 6.31. The molecule has 0 amide bonds. The fourth-order valence-electron chi connectivity index (χ4n) is 3.57. The van der Waals surface area contributed by atoms with Gasteiger partial charge in [-0.3, -0.25) is 4.90 Å². The van der Waals surface area contributed by atoms with Crippen LogP contribution < -0.4 is 5.32 Å². The topological polar surface area (TPSA) is 15.3 Å². The van der Waals surface area contributed by atoms with Crippen molar-refractivity contribution in [3.05, 3.63) is 34.6 Å². The van der Waals surface area contributed by atoms with Gasteiger partial charge in [0.25, 0.3) is 0 Å². The third-order valence-electron chi connectivity index (χ3n) is 4.62. The molecule has 0 radical (unpaired) electrons. The van der Waals surface area contributed by atoms with Gasteiger partial charge in [0, 0.05) is 24.2 Å². The van der Waals surface area contributed by atoms with E-state index in [-0.39, 0.29) is 5.82 Å². The summed E-state index contributed by atoms with van der Waals surface area (Å²) in [4.78, 5) is 2.47. The molecule has 1 aromatic rings. The van der Waals surface area contributed by atoms with Gasteiger partial charge in [0.2, 0.25) is 0 Å².